The molecule has 1 unspecified atom stereocenters. The number of aliphatic hydroxyl groups is 1. The standard InChI is InChI=1S/C14H10ClF3O/c1-7-2-3-11(16)8(4-7)14(19)9-5-13(18)10(15)6-12(9)17/h2-6,14,19H,1H3. The zero-order chi connectivity index (χ0) is 14.2. The van der Waals surface area contributed by atoms with Crippen molar-refractivity contribution >= 4 is 11.6 Å². The number of aliphatic hydroxyl groups excluding tert-OH is 1. The van der Waals surface area contributed by atoms with Gasteiger partial charge in [-0.05, 0) is 25.1 Å². The summed E-state index contributed by atoms with van der Waals surface area (Å²) >= 11 is 5.42. The van der Waals surface area contributed by atoms with Crippen LogP contribution in [0.2, 0.25) is 5.02 Å². The largest absolute Gasteiger partial charge is 0.383 e. The van der Waals surface area contributed by atoms with Crippen molar-refractivity contribution in [3.63, 3.8) is 0 Å². The molecule has 0 spiro atoms. The van der Waals surface area contributed by atoms with Gasteiger partial charge in [-0.15, -0.1) is 0 Å². The molecule has 100 valence electrons. The first-order valence-corrected chi connectivity index (χ1v) is 5.86. The van der Waals surface area contributed by atoms with Gasteiger partial charge in [0.25, 0.3) is 0 Å². The van der Waals surface area contributed by atoms with E-state index in [1.165, 1.54) is 12.1 Å². The molecule has 0 aliphatic carbocycles. The minimum absolute atomic E-state index is 0.111. The molecule has 0 saturated heterocycles. The van der Waals surface area contributed by atoms with Crippen LogP contribution in [-0.4, -0.2) is 5.11 Å². The van der Waals surface area contributed by atoms with E-state index in [9.17, 15) is 18.3 Å². The van der Waals surface area contributed by atoms with Gasteiger partial charge in [-0.1, -0.05) is 29.3 Å². The second-order valence-corrected chi connectivity index (χ2v) is 4.62. The topological polar surface area (TPSA) is 20.2 Å². The van der Waals surface area contributed by atoms with Gasteiger partial charge < -0.3 is 5.11 Å². The first kappa shape index (κ1) is 13.9. The summed E-state index contributed by atoms with van der Waals surface area (Å²) in [5.74, 6) is -2.45. The highest BCUT2D eigenvalue weighted by Gasteiger charge is 2.20. The van der Waals surface area contributed by atoms with Gasteiger partial charge in [-0.2, -0.15) is 0 Å². The third-order valence-corrected chi connectivity index (χ3v) is 3.07. The van der Waals surface area contributed by atoms with Crippen molar-refractivity contribution in [1.29, 1.82) is 0 Å². The molecule has 1 atom stereocenters. The normalized spacial score (nSPS) is 12.5. The average Bonchev–Trinajstić information content (AvgIpc) is 2.36. The number of rotatable bonds is 2. The van der Waals surface area contributed by atoms with Crippen LogP contribution in [-0.2, 0) is 0 Å². The summed E-state index contributed by atoms with van der Waals surface area (Å²) in [6, 6.07) is 5.58. The van der Waals surface area contributed by atoms with Crippen molar-refractivity contribution in [3.05, 3.63) is 69.5 Å². The first-order valence-electron chi connectivity index (χ1n) is 5.48. The molecule has 0 fully saturated rings. The molecule has 0 aliphatic heterocycles. The Morgan fingerprint density at radius 1 is 0.947 bits per heavy atom. The molecule has 19 heavy (non-hydrogen) atoms. The van der Waals surface area contributed by atoms with E-state index in [4.69, 9.17) is 11.6 Å². The monoisotopic (exact) mass is 286 g/mol. The fourth-order valence-electron chi connectivity index (χ4n) is 1.79. The third-order valence-electron chi connectivity index (χ3n) is 2.78. The zero-order valence-electron chi connectivity index (χ0n) is 9.92. The van der Waals surface area contributed by atoms with Gasteiger partial charge in [0.05, 0.1) is 5.02 Å². The molecule has 1 nitrogen and oxygen atoms in total. The van der Waals surface area contributed by atoms with Crippen molar-refractivity contribution in [1.82, 2.24) is 0 Å². The molecule has 0 amide bonds. The molecule has 0 aromatic heterocycles. The van der Waals surface area contributed by atoms with Crippen LogP contribution in [0.1, 0.15) is 22.8 Å². The van der Waals surface area contributed by atoms with Gasteiger partial charge >= 0.3 is 0 Å². The summed E-state index contributed by atoms with van der Waals surface area (Å²) in [5.41, 5.74) is 0.234. The molecule has 0 saturated carbocycles. The maximum Gasteiger partial charge on any atom is 0.142 e. The van der Waals surface area contributed by atoms with Crippen molar-refractivity contribution in [2.45, 2.75) is 13.0 Å². The Morgan fingerprint density at radius 3 is 2.26 bits per heavy atom. The Bertz CT molecular complexity index is 628. The van der Waals surface area contributed by atoms with Gasteiger partial charge in [0.2, 0.25) is 0 Å². The Kier molecular flexibility index (Phi) is 3.83. The molecule has 0 aliphatic rings. The summed E-state index contributed by atoms with van der Waals surface area (Å²) in [5, 5.41) is 9.61. The predicted molar refractivity (Wildman–Crippen MR) is 66.6 cm³/mol. The van der Waals surface area contributed by atoms with Crippen molar-refractivity contribution in [2.75, 3.05) is 0 Å². The van der Waals surface area contributed by atoms with E-state index in [-0.39, 0.29) is 11.1 Å². The summed E-state index contributed by atoms with van der Waals surface area (Å²) in [7, 11) is 0. The molecule has 0 bridgehead atoms. The Labute approximate surface area is 113 Å². The fourth-order valence-corrected chi connectivity index (χ4v) is 1.94. The van der Waals surface area contributed by atoms with Crippen LogP contribution >= 0.6 is 11.6 Å². The van der Waals surface area contributed by atoms with E-state index in [2.05, 4.69) is 0 Å². The molecular formula is C14H10ClF3O. The van der Waals surface area contributed by atoms with Gasteiger partial charge in [0, 0.05) is 11.1 Å². The smallest absolute Gasteiger partial charge is 0.142 e. The summed E-state index contributed by atoms with van der Waals surface area (Å²) in [6.45, 7) is 1.70. The van der Waals surface area contributed by atoms with Crippen LogP contribution in [0.25, 0.3) is 0 Å². The molecular weight excluding hydrogens is 277 g/mol. The minimum Gasteiger partial charge on any atom is -0.383 e. The molecule has 2 aromatic carbocycles. The highest BCUT2D eigenvalue weighted by atomic mass is 35.5. The zero-order valence-corrected chi connectivity index (χ0v) is 10.7. The van der Waals surface area contributed by atoms with E-state index in [1.807, 2.05) is 0 Å². The summed E-state index contributed by atoms with van der Waals surface area (Å²) in [4.78, 5) is 0. The van der Waals surface area contributed by atoms with E-state index in [0.29, 0.717) is 5.56 Å². The second kappa shape index (κ2) is 5.23. The van der Waals surface area contributed by atoms with Crippen LogP contribution < -0.4 is 0 Å². The van der Waals surface area contributed by atoms with Crippen LogP contribution in [0, 0.1) is 24.4 Å². The van der Waals surface area contributed by atoms with Crippen LogP contribution in [0.3, 0.4) is 0 Å². The average molecular weight is 287 g/mol. The van der Waals surface area contributed by atoms with Crippen LogP contribution in [0.5, 0.6) is 0 Å². The SMILES string of the molecule is Cc1ccc(F)c(C(O)c2cc(F)c(Cl)cc2F)c1. The molecule has 2 aromatic rings. The predicted octanol–water partition coefficient (Wildman–Crippen LogP) is 4.15. The van der Waals surface area contributed by atoms with E-state index >= 15 is 0 Å². The fraction of sp³-hybridized carbons (Fsp3) is 0.143. The number of benzene rings is 2. The summed E-state index contributed by atoms with van der Waals surface area (Å²) in [6.07, 6.45) is -1.59. The van der Waals surface area contributed by atoms with Gasteiger partial charge in [0.15, 0.2) is 0 Å². The van der Waals surface area contributed by atoms with Crippen LogP contribution in [0.4, 0.5) is 13.2 Å². The lowest BCUT2D eigenvalue weighted by atomic mass is 9.99. The van der Waals surface area contributed by atoms with Gasteiger partial charge in [-0.3, -0.25) is 0 Å². The van der Waals surface area contributed by atoms with E-state index in [0.717, 1.165) is 18.2 Å². The van der Waals surface area contributed by atoms with Gasteiger partial charge in [-0.25, -0.2) is 13.2 Å². The number of hydrogen-bond donors (Lipinski definition) is 1. The number of aryl methyl sites for hydroxylation is 1. The molecule has 0 heterocycles. The maximum atomic E-state index is 13.7. The lowest BCUT2D eigenvalue weighted by molar-refractivity contribution is 0.209. The highest BCUT2D eigenvalue weighted by molar-refractivity contribution is 6.30. The quantitative estimate of drug-likeness (QED) is 0.822. The molecule has 1 N–H and O–H groups in total. The van der Waals surface area contributed by atoms with E-state index in [1.54, 1.807) is 6.92 Å². The van der Waals surface area contributed by atoms with Crippen molar-refractivity contribution < 1.29 is 18.3 Å². The highest BCUT2D eigenvalue weighted by Crippen LogP contribution is 2.29. The number of hydrogen-bond acceptors (Lipinski definition) is 1. The van der Waals surface area contributed by atoms with Gasteiger partial charge in [0.1, 0.15) is 23.6 Å². The van der Waals surface area contributed by atoms with Crippen molar-refractivity contribution in [3.8, 4) is 0 Å². The second-order valence-electron chi connectivity index (χ2n) is 4.22. The molecule has 5 heteroatoms. The first-order chi connectivity index (χ1) is 8.90. The van der Waals surface area contributed by atoms with Crippen LogP contribution in [0.15, 0.2) is 30.3 Å². The minimum atomic E-state index is -1.59. The lowest BCUT2D eigenvalue weighted by Gasteiger charge is -2.14. The Morgan fingerprint density at radius 2 is 1.58 bits per heavy atom. The molecule has 0 radical (unpaired) electrons. The third kappa shape index (κ3) is 2.74. The summed E-state index contributed by atoms with van der Waals surface area (Å²) < 4.78 is 40.6. The van der Waals surface area contributed by atoms with Crippen molar-refractivity contribution in [2.24, 2.45) is 0 Å². The Balaban J connectivity index is 2.52. The lowest BCUT2D eigenvalue weighted by Crippen LogP contribution is -2.06. The van der Waals surface area contributed by atoms with E-state index < -0.39 is 28.6 Å². The maximum absolute atomic E-state index is 13.7. The number of halogens is 4. The molecule has 2 rings (SSSR count). The Hall–Kier alpha value is -1.52.